The van der Waals surface area contributed by atoms with Gasteiger partial charge >= 0.3 is 6.03 Å². The molecule has 3 aromatic rings. The molecule has 0 radical (unpaired) electrons. The summed E-state index contributed by atoms with van der Waals surface area (Å²) in [6.45, 7) is 1.85. The Morgan fingerprint density at radius 1 is 1.16 bits per heavy atom. The fraction of sp³-hybridized carbons (Fsp3) is 0.100. The molecule has 0 aliphatic carbocycles. The van der Waals surface area contributed by atoms with Crippen LogP contribution < -0.4 is 14.9 Å². The molecule has 32 heavy (non-hydrogen) atoms. The number of sulfonamides is 1. The van der Waals surface area contributed by atoms with Crippen LogP contribution in [-0.4, -0.2) is 31.2 Å². The third-order valence-electron chi connectivity index (χ3n) is 4.57. The maximum Gasteiger partial charge on any atom is 0.333 e. The molecule has 1 aliphatic heterocycles. The van der Waals surface area contributed by atoms with E-state index in [4.69, 9.17) is 11.6 Å². The number of imide groups is 1. The average Bonchev–Trinajstić information content (AvgIpc) is 3.17. The third kappa shape index (κ3) is 4.35. The second kappa shape index (κ2) is 8.34. The molecule has 2 N–H and O–H groups in total. The number of carbonyl (C=O) groups is 3. The lowest BCUT2D eigenvalue weighted by atomic mass is 9.96. The smallest absolute Gasteiger partial charge is 0.306 e. The van der Waals surface area contributed by atoms with Gasteiger partial charge in [0.25, 0.3) is 15.9 Å². The Bertz CT molecular complexity index is 1350. The van der Waals surface area contributed by atoms with Crippen LogP contribution in [0.1, 0.15) is 21.5 Å². The van der Waals surface area contributed by atoms with Gasteiger partial charge in [0.1, 0.15) is 10.0 Å². The SMILES string of the molecule is Cc1ccc2c(c1)C(=O)N(c1ccc(NC(=O)NS(=O)(=O)c3ccc(Cl)s3)cn1)C(=O)C2. The number of halogens is 1. The lowest BCUT2D eigenvalue weighted by Gasteiger charge is -2.26. The Balaban J connectivity index is 1.48. The number of fused-ring (bicyclic) bond motifs is 1. The molecule has 0 saturated carbocycles. The Hall–Kier alpha value is -3.28. The zero-order valence-electron chi connectivity index (χ0n) is 16.5. The molecular formula is C20H15ClN4O5S2. The van der Waals surface area contributed by atoms with Crippen LogP contribution in [0.5, 0.6) is 0 Å². The minimum absolute atomic E-state index is 0.0655. The molecule has 4 amide bonds. The summed E-state index contributed by atoms with van der Waals surface area (Å²) in [6, 6.07) is 9.80. The third-order valence-corrected chi connectivity index (χ3v) is 7.62. The number of aromatic nitrogens is 1. The van der Waals surface area contributed by atoms with Gasteiger partial charge in [0.2, 0.25) is 5.91 Å². The van der Waals surface area contributed by atoms with Crippen molar-refractivity contribution in [1.29, 1.82) is 0 Å². The van der Waals surface area contributed by atoms with Crippen molar-refractivity contribution in [3.8, 4) is 0 Å². The van der Waals surface area contributed by atoms with E-state index < -0.39 is 27.9 Å². The fourth-order valence-electron chi connectivity index (χ4n) is 3.11. The van der Waals surface area contributed by atoms with Crippen molar-refractivity contribution >= 4 is 62.3 Å². The van der Waals surface area contributed by atoms with Crippen LogP contribution in [0.3, 0.4) is 0 Å². The highest BCUT2D eigenvalue weighted by atomic mass is 35.5. The quantitative estimate of drug-likeness (QED) is 0.540. The molecule has 0 saturated heterocycles. The van der Waals surface area contributed by atoms with E-state index in [9.17, 15) is 22.8 Å². The summed E-state index contributed by atoms with van der Waals surface area (Å²) in [7, 11) is -4.08. The van der Waals surface area contributed by atoms with Crippen molar-refractivity contribution < 1.29 is 22.8 Å². The first-order valence-corrected chi connectivity index (χ1v) is 11.8. The van der Waals surface area contributed by atoms with Crippen molar-refractivity contribution in [2.45, 2.75) is 17.6 Å². The number of nitrogens with zero attached hydrogens (tertiary/aromatic N) is 2. The molecule has 1 aliphatic rings. The molecule has 9 nitrogen and oxygen atoms in total. The van der Waals surface area contributed by atoms with Crippen molar-refractivity contribution in [3.63, 3.8) is 0 Å². The summed E-state index contributed by atoms with van der Waals surface area (Å²) in [5.74, 6) is -0.802. The van der Waals surface area contributed by atoms with Crippen LogP contribution in [0.25, 0.3) is 0 Å². The van der Waals surface area contributed by atoms with Gasteiger partial charge in [-0.3, -0.25) is 9.59 Å². The van der Waals surface area contributed by atoms with Crippen LogP contribution in [0.15, 0.2) is 52.9 Å². The van der Waals surface area contributed by atoms with E-state index in [0.717, 1.165) is 21.8 Å². The second-order valence-corrected chi connectivity index (χ2v) is 10.5. The molecule has 0 fully saturated rings. The van der Waals surface area contributed by atoms with Crippen LogP contribution in [0, 0.1) is 6.92 Å². The average molecular weight is 491 g/mol. The van der Waals surface area contributed by atoms with E-state index in [2.05, 4.69) is 10.3 Å². The van der Waals surface area contributed by atoms with E-state index in [0.29, 0.717) is 11.1 Å². The topological polar surface area (TPSA) is 126 Å². The summed E-state index contributed by atoms with van der Waals surface area (Å²) in [5, 5.41) is 2.34. The maximum absolute atomic E-state index is 12.8. The van der Waals surface area contributed by atoms with Crippen LogP contribution in [-0.2, 0) is 21.2 Å². The zero-order chi connectivity index (χ0) is 23.0. The number of amides is 4. The molecule has 164 valence electrons. The first-order chi connectivity index (χ1) is 15.1. The molecule has 0 atom stereocenters. The standard InChI is InChI=1S/C20H15ClN4O5S2/c1-11-2-3-12-9-17(26)25(19(27)14(12)8-11)16-6-4-13(10-22-16)23-20(28)24-32(29,30)18-7-5-15(21)31-18/h2-8,10H,9H2,1H3,(H2,23,24,28). The lowest BCUT2D eigenvalue weighted by Crippen LogP contribution is -2.43. The molecular weight excluding hydrogens is 476 g/mol. The van der Waals surface area contributed by atoms with Gasteiger partial charge in [0, 0.05) is 5.56 Å². The number of rotatable bonds is 4. The molecule has 0 bridgehead atoms. The molecule has 2 aromatic heterocycles. The molecule has 1 aromatic carbocycles. The minimum Gasteiger partial charge on any atom is -0.306 e. The van der Waals surface area contributed by atoms with Crippen molar-refractivity contribution in [1.82, 2.24) is 9.71 Å². The van der Waals surface area contributed by atoms with Gasteiger partial charge in [0.15, 0.2) is 0 Å². The van der Waals surface area contributed by atoms with Gasteiger partial charge in [-0.2, -0.15) is 0 Å². The summed E-state index contributed by atoms with van der Waals surface area (Å²) in [5.41, 5.74) is 2.15. The predicted molar refractivity (Wildman–Crippen MR) is 120 cm³/mol. The number of aryl methyl sites for hydroxylation is 1. The van der Waals surface area contributed by atoms with E-state index in [1.54, 1.807) is 12.1 Å². The van der Waals surface area contributed by atoms with E-state index in [1.165, 1.54) is 30.5 Å². The molecule has 4 rings (SSSR count). The van der Waals surface area contributed by atoms with E-state index in [1.807, 2.05) is 17.7 Å². The number of carbonyl (C=O) groups excluding carboxylic acids is 3. The van der Waals surface area contributed by atoms with Gasteiger partial charge in [-0.05, 0) is 42.8 Å². The first-order valence-electron chi connectivity index (χ1n) is 9.16. The predicted octanol–water partition coefficient (Wildman–Crippen LogP) is 3.34. The fourth-order valence-corrected chi connectivity index (χ4v) is 5.50. The van der Waals surface area contributed by atoms with Gasteiger partial charge in [-0.25, -0.2) is 27.8 Å². The number of pyridine rings is 1. The maximum atomic E-state index is 12.8. The summed E-state index contributed by atoms with van der Waals surface area (Å²) >= 11 is 6.54. The number of anilines is 2. The largest absolute Gasteiger partial charge is 0.333 e. The minimum atomic E-state index is -4.08. The van der Waals surface area contributed by atoms with Crippen LogP contribution in [0.4, 0.5) is 16.3 Å². The normalized spacial score (nSPS) is 13.6. The van der Waals surface area contributed by atoms with Gasteiger partial charge in [0.05, 0.1) is 22.6 Å². The number of hydrogen-bond donors (Lipinski definition) is 2. The van der Waals surface area contributed by atoms with Crippen molar-refractivity contribution in [2.75, 3.05) is 10.2 Å². The Morgan fingerprint density at radius 3 is 2.59 bits per heavy atom. The Morgan fingerprint density at radius 2 is 1.94 bits per heavy atom. The van der Waals surface area contributed by atoms with Crippen molar-refractivity contribution in [3.05, 3.63) is 69.7 Å². The number of thiophene rings is 1. The molecule has 12 heteroatoms. The van der Waals surface area contributed by atoms with Crippen molar-refractivity contribution in [2.24, 2.45) is 0 Å². The van der Waals surface area contributed by atoms with Crippen LogP contribution >= 0.6 is 22.9 Å². The highest BCUT2D eigenvalue weighted by Gasteiger charge is 2.33. The second-order valence-electron chi connectivity index (χ2n) is 6.89. The highest BCUT2D eigenvalue weighted by molar-refractivity contribution is 7.92. The molecule has 0 spiro atoms. The number of nitrogens with one attached hydrogen (secondary N) is 2. The monoisotopic (exact) mass is 490 g/mol. The van der Waals surface area contributed by atoms with E-state index in [-0.39, 0.29) is 26.5 Å². The number of hydrogen-bond acceptors (Lipinski definition) is 7. The highest BCUT2D eigenvalue weighted by Crippen LogP contribution is 2.27. The molecule has 0 unspecified atom stereocenters. The first kappa shape index (κ1) is 21.9. The van der Waals surface area contributed by atoms with Gasteiger partial charge < -0.3 is 5.32 Å². The summed E-state index contributed by atoms with van der Waals surface area (Å²) < 4.78 is 26.4. The Labute approximate surface area is 192 Å². The van der Waals surface area contributed by atoms with Crippen LogP contribution in [0.2, 0.25) is 4.34 Å². The van der Waals surface area contributed by atoms with E-state index >= 15 is 0 Å². The summed E-state index contributed by atoms with van der Waals surface area (Å²) in [6.07, 6.45) is 1.28. The Kier molecular flexibility index (Phi) is 5.71. The lowest BCUT2D eigenvalue weighted by molar-refractivity contribution is -0.117. The number of benzene rings is 1. The van der Waals surface area contributed by atoms with Gasteiger partial charge in [-0.1, -0.05) is 29.3 Å². The summed E-state index contributed by atoms with van der Waals surface area (Å²) in [4.78, 5) is 42.5. The number of urea groups is 1. The van der Waals surface area contributed by atoms with Gasteiger partial charge in [-0.15, -0.1) is 11.3 Å². The zero-order valence-corrected chi connectivity index (χ0v) is 18.8. The molecule has 3 heterocycles.